The molecule has 0 aromatic heterocycles. The molecule has 2 fully saturated rings. The fraction of sp³-hybridized carbons (Fsp3) is 0.947. The van der Waals surface area contributed by atoms with Crippen molar-refractivity contribution in [2.45, 2.75) is 70.4 Å². The van der Waals surface area contributed by atoms with Crippen molar-refractivity contribution in [3.63, 3.8) is 0 Å². The highest BCUT2D eigenvalue weighted by molar-refractivity contribution is 5.79. The van der Waals surface area contributed by atoms with E-state index in [1.54, 1.807) is 0 Å². The zero-order valence-electron chi connectivity index (χ0n) is 16.2. The van der Waals surface area contributed by atoms with Crippen LogP contribution in [-0.2, 0) is 0 Å². The van der Waals surface area contributed by atoms with E-state index in [1.807, 2.05) is 7.05 Å². The van der Waals surface area contributed by atoms with Crippen LogP contribution in [0, 0.1) is 0 Å². The summed E-state index contributed by atoms with van der Waals surface area (Å²) >= 11 is 0. The summed E-state index contributed by atoms with van der Waals surface area (Å²) in [6, 6.07) is 1.37. The minimum Gasteiger partial charge on any atom is -0.355 e. The molecule has 0 radical (unpaired) electrons. The first-order valence-electron chi connectivity index (χ1n) is 10.1. The van der Waals surface area contributed by atoms with E-state index in [0.717, 1.165) is 25.1 Å². The SMILES string of the molecule is CCCCN1CCC(NC(=NC)NCCN(C)C2CCCC2)CC1. The van der Waals surface area contributed by atoms with Gasteiger partial charge in [-0.25, -0.2) is 0 Å². The number of guanidine groups is 1. The number of hydrogen-bond donors (Lipinski definition) is 2. The summed E-state index contributed by atoms with van der Waals surface area (Å²) in [5.41, 5.74) is 0. The lowest BCUT2D eigenvalue weighted by Crippen LogP contribution is -2.50. The molecule has 1 heterocycles. The standard InChI is InChI=1S/C19H39N5/c1-4-5-13-24-14-10-17(11-15-24)22-19(20-2)21-12-16-23(3)18-8-6-7-9-18/h17-18H,4-16H2,1-3H3,(H2,20,21,22). The molecule has 2 aliphatic rings. The third kappa shape index (κ3) is 6.60. The molecule has 0 unspecified atom stereocenters. The Morgan fingerprint density at radius 3 is 2.50 bits per heavy atom. The van der Waals surface area contributed by atoms with Crippen LogP contribution in [-0.4, -0.2) is 74.7 Å². The van der Waals surface area contributed by atoms with Crippen LogP contribution in [0.25, 0.3) is 0 Å². The van der Waals surface area contributed by atoms with E-state index >= 15 is 0 Å². The highest BCUT2D eigenvalue weighted by Gasteiger charge is 2.20. The molecule has 2 rings (SSSR count). The van der Waals surface area contributed by atoms with Crippen LogP contribution in [0.1, 0.15) is 58.3 Å². The van der Waals surface area contributed by atoms with Crippen LogP contribution >= 0.6 is 0 Å². The van der Waals surface area contributed by atoms with Gasteiger partial charge in [0, 0.05) is 45.3 Å². The zero-order valence-corrected chi connectivity index (χ0v) is 16.2. The molecular formula is C19H39N5. The second-order valence-electron chi connectivity index (χ2n) is 7.53. The molecule has 0 atom stereocenters. The fourth-order valence-corrected chi connectivity index (χ4v) is 3.95. The van der Waals surface area contributed by atoms with E-state index in [-0.39, 0.29) is 0 Å². The van der Waals surface area contributed by atoms with E-state index in [1.165, 1.54) is 71.0 Å². The first-order chi connectivity index (χ1) is 11.7. The number of nitrogens with zero attached hydrogens (tertiary/aromatic N) is 3. The molecule has 140 valence electrons. The predicted molar refractivity (Wildman–Crippen MR) is 104 cm³/mol. The number of rotatable bonds is 8. The summed E-state index contributed by atoms with van der Waals surface area (Å²) in [6.45, 7) is 8.05. The van der Waals surface area contributed by atoms with Gasteiger partial charge in [0.05, 0.1) is 0 Å². The molecular weight excluding hydrogens is 298 g/mol. The Kier molecular flexibility index (Phi) is 8.89. The molecule has 5 heteroatoms. The first-order valence-corrected chi connectivity index (χ1v) is 10.1. The van der Waals surface area contributed by atoms with Crippen LogP contribution in [0.2, 0.25) is 0 Å². The number of nitrogens with one attached hydrogen (secondary N) is 2. The minimum atomic E-state index is 0.571. The highest BCUT2D eigenvalue weighted by Crippen LogP contribution is 2.21. The first kappa shape index (κ1) is 19.5. The van der Waals surface area contributed by atoms with Crippen LogP contribution in [0.5, 0.6) is 0 Å². The Balaban J connectivity index is 1.60. The van der Waals surface area contributed by atoms with Crippen LogP contribution < -0.4 is 10.6 Å². The van der Waals surface area contributed by atoms with Gasteiger partial charge in [0.2, 0.25) is 0 Å². The average Bonchev–Trinajstić information content (AvgIpc) is 3.15. The van der Waals surface area contributed by atoms with Gasteiger partial charge in [-0.05, 0) is 45.7 Å². The van der Waals surface area contributed by atoms with Crippen molar-refractivity contribution in [2.75, 3.05) is 46.8 Å². The smallest absolute Gasteiger partial charge is 0.191 e. The number of likely N-dealkylation sites (tertiary alicyclic amines) is 1. The maximum absolute atomic E-state index is 4.41. The van der Waals surface area contributed by atoms with Gasteiger partial charge in [0.15, 0.2) is 5.96 Å². The molecule has 1 aliphatic heterocycles. The fourth-order valence-electron chi connectivity index (χ4n) is 3.95. The summed E-state index contributed by atoms with van der Waals surface area (Å²) in [5.74, 6) is 0.974. The maximum Gasteiger partial charge on any atom is 0.191 e. The molecule has 0 amide bonds. The van der Waals surface area contributed by atoms with Crippen molar-refractivity contribution in [1.82, 2.24) is 20.4 Å². The van der Waals surface area contributed by atoms with E-state index in [2.05, 4.69) is 39.4 Å². The predicted octanol–water partition coefficient (Wildman–Crippen LogP) is 2.29. The van der Waals surface area contributed by atoms with Crippen LogP contribution in [0.3, 0.4) is 0 Å². The van der Waals surface area contributed by atoms with E-state index < -0.39 is 0 Å². The normalized spacial score (nSPS) is 21.6. The molecule has 1 aliphatic carbocycles. The van der Waals surface area contributed by atoms with Gasteiger partial charge < -0.3 is 20.4 Å². The Labute approximate surface area is 149 Å². The lowest BCUT2D eigenvalue weighted by molar-refractivity contribution is 0.203. The van der Waals surface area contributed by atoms with Crippen molar-refractivity contribution in [3.8, 4) is 0 Å². The molecule has 0 aromatic carbocycles. The highest BCUT2D eigenvalue weighted by atomic mass is 15.2. The Bertz CT molecular complexity index is 357. The van der Waals surface area contributed by atoms with Crippen molar-refractivity contribution in [2.24, 2.45) is 4.99 Å². The summed E-state index contributed by atoms with van der Waals surface area (Å²) in [5, 5.41) is 7.12. The second kappa shape index (κ2) is 10.9. The lowest BCUT2D eigenvalue weighted by Gasteiger charge is -2.33. The summed E-state index contributed by atoms with van der Waals surface area (Å²) in [4.78, 5) is 9.53. The molecule has 1 saturated carbocycles. The molecule has 2 N–H and O–H groups in total. The van der Waals surface area contributed by atoms with E-state index in [9.17, 15) is 0 Å². The van der Waals surface area contributed by atoms with Gasteiger partial charge in [-0.15, -0.1) is 0 Å². The summed E-state index contributed by atoms with van der Waals surface area (Å²) in [6.07, 6.45) is 10.6. The molecule has 5 nitrogen and oxygen atoms in total. The number of likely N-dealkylation sites (N-methyl/N-ethyl adjacent to an activating group) is 1. The largest absolute Gasteiger partial charge is 0.355 e. The number of hydrogen-bond acceptors (Lipinski definition) is 3. The van der Waals surface area contributed by atoms with Gasteiger partial charge in [-0.2, -0.15) is 0 Å². The number of unbranched alkanes of at least 4 members (excludes halogenated alkanes) is 1. The Morgan fingerprint density at radius 1 is 1.17 bits per heavy atom. The molecule has 0 aromatic rings. The van der Waals surface area contributed by atoms with Gasteiger partial charge in [-0.3, -0.25) is 4.99 Å². The Morgan fingerprint density at radius 2 is 1.88 bits per heavy atom. The van der Waals surface area contributed by atoms with Gasteiger partial charge in [0.25, 0.3) is 0 Å². The molecule has 0 spiro atoms. The quantitative estimate of drug-likeness (QED) is 0.527. The summed E-state index contributed by atoms with van der Waals surface area (Å²) in [7, 11) is 4.15. The van der Waals surface area contributed by atoms with E-state index in [4.69, 9.17) is 0 Å². The monoisotopic (exact) mass is 337 g/mol. The zero-order chi connectivity index (χ0) is 17.2. The summed E-state index contributed by atoms with van der Waals surface area (Å²) < 4.78 is 0. The molecule has 1 saturated heterocycles. The van der Waals surface area contributed by atoms with Crippen molar-refractivity contribution >= 4 is 5.96 Å². The maximum atomic E-state index is 4.41. The molecule has 24 heavy (non-hydrogen) atoms. The van der Waals surface area contributed by atoms with Crippen molar-refractivity contribution in [1.29, 1.82) is 0 Å². The topological polar surface area (TPSA) is 42.9 Å². The lowest BCUT2D eigenvalue weighted by atomic mass is 10.0. The van der Waals surface area contributed by atoms with Crippen LogP contribution in [0.4, 0.5) is 0 Å². The van der Waals surface area contributed by atoms with Gasteiger partial charge in [0.1, 0.15) is 0 Å². The van der Waals surface area contributed by atoms with Crippen LogP contribution in [0.15, 0.2) is 4.99 Å². The second-order valence-corrected chi connectivity index (χ2v) is 7.53. The van der Waals surface area contributed by atoms with Gasteiger partial charge in [-0.1, -0.05) is 26.2 Å². The van der Waals surface area contributed by atoms with E-state index in [0.29, 0.717) is 6.04 Å². The molecule has 0 bridgehead atoms. The van der Waals surface area contributed by atoms with Gasteiger partial charge >= 0.3 is 0 Å². The minimum absolute atomic E-state index is 0.571. The third-order valence-electron chi connectivity index (χ3n) is 5.68. The average molecular weight is 338 g/mol. The van der Waals surface area contributed by atoms with Crippen molar-refractivity contribution in [3.05, 3.63) is 0 Å². The number of piperidine rings is 1. The third-order valence-corrected chi connectivity index (χ3v) is 5.68. The number of aliphatic imine (C=N–C) groups is 1. The Hall–Kier alpha value is -0.810. The van der Waals surface area contributed by atoms with Crippen molar-refractivity contribution < 1.29 is 0 Å².